The molecule has 1 saturated heterocycles. The average molecular weight is 353 g/mol. The van der Waals surface area contributed by atoms with Gasteiger partial charge in [0.05, 0.1) is 17.0 Å². The lowest BCUT2D eigenvalue weighted by molar-refractivity contribution is -0.163. The van der Waals surface area contributed by atoms with Crippen molar-refractivity contribution in [2.45, 2.75) is 37.0 Å². The SMILES string of the molecule is O=C(CSCc1ccccn1)N1C[C@H]2CCCC[C@@]21c1ccccc1. The van der Waals surface area contributed by atoms with Gasteiger partial charge in [-0.3, -0.25) is 9.78 Å². The van der Waals surface area contributed by atoms with E-state index in [4.69, 9.17) is 0 Å². The first-order valence-electron chi connectivity index (χ1n) is 9.14. The van der Waals surface area contributed by atoms with Gasteiger partial charge in [-0.1, -0.05) is 49.2 Å². The van der Waals surface area contributed by atoms with E-state index in [9.17, 15) is 4.79 Å². The maximum absolute atomic E-state index is 12.9. The number of aromatic nitrogens is 1. The Labute approximate surface area is 153 Å². The summed E-state index contributed by atoms with van der Waals surface area (Å²) >= 11 is 1.67. The highest BCUT2D eigenvalue weighted by Gasteiger charge is 2.56. The zero-order valence-corrected chi connectivity index (χ0v) is 15.3. The second-order valence-electron chi connectivity index (χ2n) is 7.05. The highest BCUT2D eigenvalue weighted by Crippen LogP contribution is 2.53. The molecule has 1 aromatic heterocycles. The predicted molar refractivity (Wildman–Crippen MR) is 102 cm³/mol. The Bertz CT molecular complexity index is 721. The van der Waals surface area contributed by atoms with Gasteiger partial charge < -0.3 is 4.90 Å². The van der Waals surface area contributed by atoms with Gasteiger partial charge in [0.25, 0.3) is 0 Å². The topological polar surface area (TPSA) is 33.2 Å². The summed E-state index contributed by atoms with van der Waals surface area (Å²) in [5.41, 5.74) is 2.33. The summed E-state index contributed by atoms with van der Waals surface area (Å²) in [7, 11) is 0. The van der Waals surface area contributed by atoms with Crippen LogP contribution in [0.3, 0.4) is 0 Å². The van der Waals surface area contributed by atoms with E-state index in [-0.39, 0.29) is 11.4 Å². The second kappa shape index (κ2) is 7.20. The molecule has 2 aliphatic rings. The molecule has 130 valence electrons. The van der Waals surface area contributed by atoms with Crippen LogP contribution in [0.1, 0.15) is 36.9 Å². The van der Waals surface area contributed by atoms with E-state index in [1.54, 1.807) is 11.8 Å². The van der Waals surface area contributed by atoms with Crippen LogP contribution in [0.2, 0.25) is 0 Å². The highest BCUT2D eigenvalue weighted by molar-refractivity contribution is 7.99. The minimum atomic E-state index is -0.0395. The molecule has 1 saturated carbocycles. The Kier molecular flexibility index (Phi) is 4.80. The lowest BCUT2D eigenvalue weighted by atomic mass is 9.61. The van der Waals surface area contributed by atoms with Crippen molar-refractivity contribution in [1.29, 1.82) is 0 Å². The summed E-state index contributed by atoms with van der Waals surface area (Å²) in [4.78, 5) is 19.4. The average Bonchev–Trinajstić information content (AvgIpc) is 2.64. The van der Waals surface area contributed by atoms with E-state index in [1.807, 2.05) is 24.4 Å². The maximum Gasteiger partial charge on any atom is 0.233 e. The molecule has 2 atom stereocenters. The normalized spacial score (nSPS) is 25.1. The molecule has 0 bridgehead atoms. The Morgan fingerprint density at radius 3 is 2.76 bits per heavy atom. The van der Waals surface area contributed by atoms with Crippen molar-refractivity contribution >= 4 is 17.7 Å². The first kappa shape index (κ1) is 16.6. The van der Waals surface area contributed by atoms with E-state index in [0.717, 1.165) is 24.4 Å². The van der Waals surface area contributed by atoms with Crippen LogP contribution in [0, 0.1) is 5.92 Å². The fourth-order valence-electron chi connectivity index (χ4n) is 4.49. The van der Waals surface area contributed by atoms with Gasteiger partial charge in [0.2, 0.25) is 5.91 Å². The molecule has 0 spiro atoms. The quantitative estimate of drug-likeness (QED) is 0.807. The Balaban J connectivity index is 1.45. The van der Waals surface area contributed by atoms with Gasteiger partial charge >= 0.3 is 0 Å². The third kappa shape index (κ3) is 3.08. The lowest BCUT2D eigenvalue weighted by Gasteiger charge is -2.61. The molecule has 4 heteroatoms. The third-order valence-corrected chi connectivity index (χ3v) is 6.65. The molecule has 0 unspecified atom stereocenters. The Morgan fingerprint density at radius 1 is 1.16 bits per heavy atom. The van der Waals surface area contributed by atoms with Crippen LogP contribution >= 0.6 is 11.8 Å². The van der Waals surface area contributed by atoms with Crippen LogP contribution in [0.4, 0.5) is 0 Å². The smallest absolute Gasteiger partial charge is 0.233 e. The molecule has 2 heterocycles. The van der Waals surface area contributed by atoms with Crippen molar-refractivity contribution in [3.05, 3.63) is 66.0 Å². The summed E-state index contributed by atoms with van der Waals surface area (Å²) in [6.07, 6.45) is 6.69. The minimum Gasteiger partial charge on any atom is -0.332 e. The molecule has 3 nitrogen and oxygen atoms in total. The predicted octanol–water partition coefficient (Wildman–Crippen LogP) is 4.24. The van der Waals surface area contributed by atoms with Crippen LogP contribution in [-0.4, -0.2) is 28.1 Å². The molecular formula is C21H24N2OS. The van der Waals surface area contributed by atoms with Gasteiger partial charge in [0.15, 0.2) is 0 Å². The van der Waals surface area contributed by atoms with Gasteiger partial charge in [-0.2, -0.15) is 0 Å². The number of benzene rings is 1. The van der Waals surface area contributed by atoms with Crippen LogP contribution < -0.4 is 0 Å². The number of fused-ring (bicyclic) bond motifs is 1. The van der Waals surface area contributed by atoms with Crippen LogP contribution in [-0.2, 0) is 16.1 Å². The van der Waals surface area contributed by atoms with Gasteiger partial charge in [-0.25, -0.2) is 0 Å². The number of nitrogens with zero attached hydrogens (tertiary/aromatic N) is 2. The Hall–Kier alpha value is -1.81. The molecule has 2 aromatic rings. The zero-order chi connectivity index (χ0) is 17.1. The number of hydrogen-bond donors (Lipinski definition) is 0. The van der Waals surface area contributed by atoms with E-state index < -0.39 is 0 Å². The summed E-state index contributed by atoms with van der Waals surface area (Å²) in [5, 5.41) is 0. The van der Waals surface area contributed by atoms with Gasteiger partial charge in [-0.05, 0) is 30.5 Å². The maximum atomic E-state index is 12.9. The summed E-state index contributed by atoms with van der Waals surface area (Å²) in [6.45, 7) is 0.928. The van der Waals surface area contributed by atoms with E-state index in [1.165, 1.54) is 24.8 Å². The van der Waals surface area contributed by atoms with Gasteiger partial charge in [0.1, 0.15) is 0 Å². The molecule has 0 N–H and O–H groups in total. The lowest BCUT2D eigenvalue weighted by Crippen LogP contribution is -2.68. The molecule has 4 rings (SSSR count). The van der Waals surface area contributed by atoms with E-state index >= 15 is 0 Å². The van der Waals surface area contributed by atoms with Crippen LogP contribution in [0.25, 0.3) is 0 Å². The summed E-state index contributed by atoms with van der Waals surface area (Å²) in [6, 6.07) is 16.6. The molecular weight excluding hydrogens is 328 g/mol. The monoisotopic (exact) mass is 352 g/mol. The standard InChI is InChI=1S/C21H24N2OS/c24-20(16-25-15-19-11-5-7-13-22-19)23-14-18-10-4-6-12-21(18,23)17-8-2-1-3-9-17/h1-3,5,7-9,11,13,18H,4,6,10,12,14-16H2/t18-,21-/m1/s1. The number of carbonyl (C=O) groups excluding carboxylic acids is 1. The van der Waals surface area contributed by atoms with E-state index in [0.29, 0.717) is 11.7 Å². The van der Waals surface area contributed by atoms with Crippen LogP contribution in [0.5, 0.6) is 0 Å². The molecule has 1 amide bonds. The van der Waals surface area contributed by atoms with Crippen LogP contribution in [0.15, 0.2) is 54.7 Å². The van der Waals surface area contributed by atoms with Crippen molar-refractivity contribution in [3.63, 3.8) is 0 Å². The minimum absolute atomic E-state index is 0.0395. The first-order valence-corrected chi connectivity index (χ1v) is 10.3. The number of hydrogen-bond acceptors (Lipinski definition) is 3. The molecule has 1 aliphatic heterocycles. The van der Waals surface area contributed by atoms with Crippen molar-refractivity contribution in [1.82, 2.24) is 9.88 Å². The fraction of sp³-hybridized carbons (Fsp3) is 0.429. The number of amides is 1. The second-order valence-corrected chi connectivity index (χ2v) is 8.04. The fourth-order valence-corrected chi connectivity index (χ4v) is 5.30. The number of likely N-dealkylation sites (tertiary alicyclic amines) is 1. The van der Waals surface area contributed by atoms with Crippen molar-refractivity contribution in [3.8, 4) is 0 Å². The summed E-state index contributed by atoms with van der Waals surface area (Å²) < 4.78 is 0. The summed E-state index contributed by atoms with van der Waals surface area (Å²) in [5.74, 6) is 2.25. The van der Waals surface area contributed by atoms with Crippen molar-refractivity contribution in [2.75, 3.05) is 12.3 Å². The number of thioether (sulfide) groups is 1. The van der Waals surface area contributed by atoms with Crippen molar-refractivity contribution in [2.24, 2.45) is 5.92 Å². The largest absolute Gasteiger partial charge is 0.332 e. The Morgan fingerprint density at radius 2 is 2.00 bits per heavy atom. The third-order valence-electron chi connectivity index (χ3n) is 5.70. The molecule has 1 aromatic carbocycles. The molecule has 2 fully saturated rings. The number of carbonyl (C=O) groups is 1. The van der Waals surface area contributed by atoms with Crippen molar-refractivity contribution < 1.29 is 4.79 Å². The highest BCUT2D eigenvalue weighted by atomic mass is 32.2. The molecule has 1 aliphatic carbocycles. The number of rotatable bonds is 5. The number of pyridine rings is 1. The molecule has 0 radical (unpaired) electrons. The van der Waals surface area contributed by atoms with Gasteiger partial charge in [-0.15, -0.1) is 11.8 Å². The molecule has 25 heavy (non-hydrogen) atoms. The van der Waals surface area contributed by atoms with E-state index in [2.05, 4.69) is 40.2 Å². The van der Waals surface area contributed by atoms with Gasteiger partial charge in [0, 0.05) is 24.4 Å². The first-order chi connectivity index (χ1) is 12.3. The zero-order valence-electron chi connectivity index (χ0n) is 14.4.